The maximum Gasteiger partial charge on any atom is 0.234 e. The predicted octanol–water partition coefficient (Wildman–Crippen LogP) is 3.06. The predicted molar refractivity (Wildman–Crippen MR) is 76.1 cm³/mol. The molecule has 8 heteroatoms. The highest BCUT2D eigenvalue weighted by Crippen LogP contribution is 2.34. The number of thioether (sulfide) groups is 1. The molecule has 0 bridgehead atoms. The Morgan fingerprint density at radius 2 is 2.30 bits per heavy atom. The van der Waals surface area contributed by atoms with E-state index < -0.39 is 5.82 Å². The second-order valence-corrected chi connectivity index (χ2v) is 5.36. The molecule has 0 unspecified atom stereocenters. The molecule has 0 radical (unpaired) electrons. The van der Waals surface area contributed by atoms with Crippen LogP contribution in [0.5, 0.6) is 0 Å². The Morgan fingerprint density at radius 1 is 1.45 bits per heavy atom. The third kappa shape index (κ3) is 2.68. The number of fused-ring (bicyclic) bond motifs is 1. The summed E-state index contributed by atoms with van der Waals surface area (Å²) in [6.45, 7) is 0. The molecular weight excluding hydrogens is 303 g/mol. The van der Waals surface area contributed by atoms with Gasteiger partial charge in [-0.3, -0.25) is 4.79 Å². The lowest BCUT2D eigenvalue weighted by molar-refractivity contribution is -0.113. The lowest BCUT2D eigenvalue weighted by atomic mass is 10.2. The van der Waals surface area contributed by atoms with E-state index in [1.54, 1.807) is 12.1 Å². The molecule has 1 aliphatic rings. The maximum atomic E-state index is 13.5. The van der Waals surface area contributed by atoms with Gasteiger partial charge in [0.1, 0.15) is 0 Å². The lowest BCUT2D eigenvalue weighted by Gasteiger charge is -2.17. The zero-order chi connectivity index (χ0) is 14.1. The van der Waals surface area contributed by atoms with Gasteiger partial charge in [-0.05, 0) is 29.8 Å². The third-order valence-corrected chi connectivity index (χ3v) is 3.85. The van der Waals surface area contributed by atoms with Crippen LogP contribution in [-0.4, -0.2) is 21.6 Å². The van der Waals surface area contributed by atoms with Crippen LogP contribution in [0.25, 0.3) is 0 Å². The highest BCUT2D eigenvalue weighted by molar-refractivity contribution is 8.00. The number of aromatic nitrogens is 2. The van der Waals surface area contributed by atoms with E-state index in [0.717, 1.165) is 11.1 Å². The largest absolute Gasteiger partial charge is 0.338 e. The minimum atomic E-state index is -0.606. The SMILES string of the molecule is O=C1CSc2ccc(Nc3nc(Cl)ncc3F)cc2N1. The van der Waals surface area contributed by atoms with Gasteiger partial charge in [-0.15, -0.1) is 11.8 Å². The number of nitrogens with one attached hydrogen (secondary N) is 2. The van der Waals surface area contributed by atoms with Gasteiger partial charge in [-0.1, -0.05) is 0 Å². The zero-order valence-electron chi connectivity index (χ0n) is 9.98. The molecule has 2 N–H and O–H groups in total. The Morgan fingerprint density at radius 3 is 3.15 bits per heavy atom. The number of nitrogens with zero attached hydrogens (tertiary/aromatic N) is 2. The molecule has 0 fully saturated rings. The molecule has 0 atom stereocenters. The fourth-order valence-corrected chi connectivity index (χ4v) is 2.65. The van der Waals surface area contributed by atoms with Crippen LogP contribution in [0.15, 0.2) is 29.3 Å². The second-order valence-electron chi connectivity index (χ2n) is 4.01. The number of halogens is 2. The highest BCUT2D eigenvalue weighted by Gasteiger charge is 2.16. The van der Waals surface area contributed by atoms with Gasteiger partial charge in [0.2, 0.25) is 11.2 Å². The molecule has 102 valence electrons. The fourth-order valence-electron chi connectivity index (χ4n) is 1.73. The van der Waals surface area contributed by atoms with Gasteiger partial charge in [0.15, 0.2) is 11.6 Å². The first-order valence-corrected chi connectivity index (χ1v) is 7.00. The molecule has 0 saturated heterocycles. The van der Waals surface area contributed by atoms with Crippen molar-refractivity contribution >= 4 is 46.5 Å². The standard InChI is InChI=1S/C12H8ClFN4OS/c13-12-15-4-7(14)11(18-12)16-6-1-2-9-8(3-6)17-10(19)5-20-9/h1-4H,5H2,(H,17,19)(H,15,16,18). The van der Waals surface area contributed by atoms with Crippen LogP contribution in [-0.2, 0) is 4.79 Å². The summed E-state index contributed by atoms with van der Waals surface area (Å²) in [6.07, 6.45) is 0.994. The van der Waals surface area contributed by atoms with Gasteiger partial charge in [0.05, 0.1) is 17.6 Å². The smallest absolute Gasteiger partial charge is 0.234 e. The molecule has 1 aliphatic heterocycles. The van der Waals surface area contributed by atoms with Gasteiger partial charge < -0.3 is 10.6 Å². The number of anilines is 3. The first-order valence-electron chi connectivity index (χ1n) is 5.63. The minimum absolute atomic E-state index is 0.0141. The van der Waals surface area contributed by atoms with E-state index in [1.165, 1.54) is 11.8 Å². The van der Waals surface area contributed by atoms with E-state index in [-0.39, 0.29) is 17.0 Å². The van der Waals surface area contributed by atoms with Crippen molar-refractivity contribution < 1.29 is 9.18 Å². The lowest BCUT2D eigenvalue weighted by Crippen LogP contribution is -2.18. The molecule has 5 nitrogen and oxygen atoms in total. The highest BCUT2D eigenvalue weighted by atomic mass is 35.5. The Hall–Kier alpha value is -1.86. The number of carbonyl (C=O) groups is 1. The van der Waals surface area contributed by atoms with Crippen molar-refractivity contribution in [2.24, 2.45) is 0 Å². The molecule has 2 heterocycles. The molecule has 20 heavy (non-hydrogen) atoms. The first-order chi connectivity index (χ1) is 9.61. The molecular formula is C12H8ClFN4OS. The average molecular weight is 311 g/mol. The summed E-state index contributed by atoms with van der Waals surface area (Å²) in [6, 6.07) is 5.34. The first kappa shape index (κ1) is 13.1. The van der Waals surface area contributed by atoms with E-state index in [4.69, 9.17) is 11.6 Å². The van der Waals surface area contributed by atoms with Crippen molar-refractivity contribution in [3.63, 3.8) is 0 Å². The summed E-state index contributed by atoms with van der Waals surface area (Å²) in [5, 5.41) is 5.52. The second kappa shape index (κ2) is 5.26. The summed E-state index contributed by atoms with van der Waals surface area (Å²) >= 11 is 7.09. The van der Waals surface area contributed by atoms with Crippen LogP contribution < -0.4 is 10.6 Å². The van der Waals surface area contributed by atoms with Crippen molar-refractivity contribution in [2.75, 3.05) is 16.4 Å². The van der Waals surface area contributed by atoms with E-state index >= 15 is 0 Å². The average Bonchev–Trinajstić information content (AvgIpc) is 2.42. The quantitative estimate of drug-likeness (QED) is 0.835. The van der Waals surface area contributed by atoms with E-state index in [2.05, 4.69) is 20.6 Å². The number of hydrogen-bond donors (Lipinski definition) is 2. The van der Waals surface area contributed by atoms with Crippen LogP contribution in [0.1, 0.15) is 0 Å². The van der Waals surface area contributed by atoms with Crippen molar-refractivity contribution in [2.45, 2.75) is 4.90 Å². The Kier molecular flexibility index (Phi) is 3.45. The van der Waals surface area contributed by atoms with Crippen LogP contribution >= 0.6 is 23.4 Å². The molecule has 2 aromatic rings. The molecule has 0 spiro atoms. The van der Waals surface area contributed by atoms with E-state index in [0.29, 0.717) is 17.1 Å². The normalized spacial score (nSPS) is 13.6. The number of rotatable bonds is 2. The van der Waals surface area contributed by atoms with E-state index in [9.17, 15) is 9.18 Å². The Bertz CT molecular complexity index is 697. The molecule has 1 aromatic heterocycles. The van der Waals surface area contributed by atoms with Gasteiger partial charge in [-0.2, -0.15) is 4.98 Å². The number of benzene rings is 1. The molecule has 0 saturated carbocycles. The van der Waals surface area contributed by atoms with Crippen molar-refractivity contribution in [3.05, 3.63) is 35.5 Å². The van der Waals surface area contributed by atoms with Gasteiger partial charge in [0, 0.05) is 10.6 Å². The van der Waals surface area contributed by atoms with Gasteiger partial charge in [-0.25, -0.2) is 9.37 Å². The number of carbonyl (C=O) groups excluding carboxylic acids is 1. The summed E-state index contributed by atoms with van der Waals surface area (Å²) in [5.74, 6) is -0.281. The number of amides is 1. The van der Waals surface area contributed by atoms with Crippen LogP contribution in [0.2, 0.25) is 5.28 Å². The molecule has 1 aromatic carbocycles. The van der Waals surface area contributed by atoms with Crippen LogP contribution in [0, 0.1) is 5.82 Å². The molecule has 1 amide bonds. The van der Waals surface area contributed by atoms with Crippen molar-refractivity contribution in [1.29, 1.82) is 0 Å². The van der Waals surface area contributed by atoms with Crippen LogP contribution in [0.3, 0.4) is 0 Å². The maximum absolute atomic E-state index is 13.5. The number of hydrogen-bond acceptors (Lipinski definition) is 5. The molecule has 3 rings (SSSR count). The van der Waals surface area contributed by atoms with Crippen molar-refractivity contribution in [3.8, 4) is 0 Å². The topological polar surface area (TPSA) is 66.9 Å². The Labute approximate surface area is 123 Å². The fraction of sp³-hybridized carbons (Fsp3) is 0.0833. The molecule has 0 aliphatic carbocycles. The summed E-state index contributed by atoms with van der Waals surface area (Å²) in [5.41, 5.74) is 1.29. The minimum Gasteiger partial charge on any atom is -0.338 e. The third-order valence-electron chi connectivity index (χ3n) is 2.59. The zero-order valence-corrected chi connectivity index (χ0v) is 11.6. The van der Waals surface area contributed by atoms with Crippen molar-refractivity contribution in [1.82, 2.24) is 9.97 Å². The van der Waals surface area contributed by atoms with Gasteiger partial charge in [0.25, 0.3) is 0 Å². The van der Waals surface area contributed by atoms with Crippen LogP contribution in [0.4, 0.5) is 21.6 Å². The van der Waals surface area contributed by atoms with E-state index in [1.807, 2.05) is 6.07 Å². The summed E-state index contributed by atoms with van der Waals surface area (Å²) < 4.78 is 13.5. The summed E-state index contributed by atoms with van der Waals surface area (Å²) in [7, 11) is 0. The summed E-state index contributed by atoms with van der Waals surface area (Å²) in [4.78, 5) is 19.6. The Balaban J connectivity index is 1.90. The monoisotopic (exact) mass is 310 g/mol. The van der Waals surface area contributed by atoms with Gasteiger partial charge >= 0.3 is 0 Å².